The summed E-state index contributed by atoms with van der Waals surface area (Å²) in [7, 11) is 0. The van der Waals surface area contributed by atoms with Crippen LogP contribution in [0.4, 0.5) is 13.6 Å². The molecule has 1 aliphatic rings. The summed E-state index contributed by atoms with van der Waals surface area (Å²) < 4.78 is 38.3. The Morgan fingerprint density at radius 3 is 2.71 bits per heavy atom. The minimum Gasteiger partial charge on any atom is -0.444 e. The number of ketones is 1. The molecule has 0 bridgehead atoms. The van der Waals surface area contributed by atoms with Gasteiger partial charge in [-0.05, 0) is 39.0 Å². The zero-order valence-electron chi connectivity index (χ0n) is 13.9. The van der Waals surface area contributed by atoms with Crippen LogP contribution in [0.3, 0.4) is 0 Å². The molecule has 1 heterocycles. The Labute approximate surface area is 139 Å². The van der Waals surface area contributed by atoms with Crippen LogP contribution in [0, 0.1) is 11.6 Å². The van der Waals surface area contributed by atoms with Gasteiger partial charge in [0.1, 0.15) is 29.1 Å². The van der Waals surface area contributed by atoms with E-state index in [2.05, 4.69) is 5.32 Å². The van der Waals surface area contributed by atoms with Gasteiger partial charge in [-0.1, -0.05) is 0 Å². The molecule has 132 valence electrons. The lowest BCUT2D eigenvalue weighted by molar-refractivity contribution is -0.119. The van der Waals surface area contributed by atoms with Crippen molar-refractivity contribution in [1.82, 2.24) is 5.32 Å². The van der Waals surface area contributed by atoms with Gasteiger partial charge in [0, 0.05) is 18.4 Å². The highest BCUT2D eigenvalue weighted by Crippen LogP contribution is 2.29. The quantitative estimate of drug-likeness (QED) is 0.897. The molecule has 1 aromatic rings. The number of ether oxygens (including phenoxy) is 2. The first-order valence-electron chi connectivity index (χ1n) is 7.73. The molecule has 2 atom stereocenters. The van der Waals surface area contributed by atoms with Gasteiger partial charge in [-0.2, -0.15) is 0 Å². The van der Waals surface area contributed by atoms with Crippen molar-refractivity contribution in [1.29, 1.82) is 0 Å². The van der Waals surface area contributed by atoms with Crippen LogP contribution in [0.15, 0.2) is 18.2 Å². The molecule has 0 saturated carbocycles. The molecule has 1 fully saturated rings. The molecule has 0 aliphatic carbocycles. The lowest BCUT2D eigenvalue weighted by Crippen LogP contribution is -2.43. The molecule has 1 N–H and O–H groups in total. The highest BCUT2D eigenvalue weighted by Gasteiger charge is 2.33. The number of Topliss-reactive ketones (excluding diaryl/α,β-unsaturated/α-hetero) is 1. The van der Waals surface area contributed by atoms with Crippen molar-refractivity contribution >= 4 is 11.9 Å². The average Bonchev–Trinajstić information content (AvgIpc) is 2.61. The van der Waals surface area contributed by atoms with E-state index in [4.69, 9.17) is 9.47 Å². The molecule has 1 aliphatic heterocycles. The van der Waals surface area contributed by atoms with Crippen LogP contribution in [0.5, 0.6) is 0 Å². The summed E-state index contributed by atoms with van der Waals surface area (Å²) in [5, 5.41) is 2.54. The van der Waals surface area contributed by atoms with Crippen molar-refractivity contribution in [3.8, 4) is 0 Å². The molecule has 7 heteroatoms. The maximum absolute atomic E-state index is 14.1. The zero-order valence-corrected chi connectivity index (χ0v) is 13.9. The van der Waals surface area contributed by atoms with Crippen LogP contribution >= 0.6 is 0 Å². The molecule has 1 aromatic carbocycles. The summed E-state index contributed by atoms with van der Waals surface area (Å²) in [5.41, 5.74) is -0.759. The van der Waals surface area contributed by atoms with E-state index in [1.165, 1.54) is 0 Å². The largest absolute Gasteiger partial charge is 0.444 e. The van der Waals surface area contributed by atoms with Gasteiger partial charge >= 0.3 is 6.09 Å². The first-order chi connectivity index (χ1) is 11.2. The third kappa shape index (κ3) is 4.99. The fourth-order valence-corrected chi connectivity index (χ4v) is 2.50. The van der Waals surface area contributed by atoms with E-state index in [-0.39, 0.29) is 30.8 Å². The van der Waals surface area contributed by atoms with Gasteiger partial charge in [0.25, 0.3) is 0 Å². The number of rotatable bonds is 2. The van der Waals surface area contributed by atoms with Crippen molar-refractivity contribution in [2.45, 2.75) is 51.4 Å². The molecule has 0 spiro atoms. The second-order valence-corrected chi connectivity index (χ2v) is 6.70. The minimum absolute atomic E-state index is 0.0363. The van der Waals surface area contributed by atoms with Gasteiger partial charge in [-0.25, -0.2) is 13.6 Å². The van der Waals surface area contributed by atoms with Crippen molar-refractivity contribution in [3.63, 3.8) is 0 Å². The number of hydrogen-bond acceptors (Lipinski definition) is 4. The van der Waals surface area contributed by atoms with E-state index in [1.807, 2.05) is 0 Å². The number of carbonyl (C=O) groups is 2. The minimum atomic E-state index is -0.973. The normalized spacial score (nSPS) is 22.0. The van der Waals surface area contributed by atoms with E-state index in [0.717, 1.165) is 18.2 Å². The summed E-state index contributed by atoms with van der Waals surface area (Å²) in [4.78, 5) is 23.9. The topological polar surface area (TPSA) is 64.6 Å². The van der Waals surface area contributed by atoms with Gasteiger partial charge in [-0.15, -0.1) is 0 Å². The highest BCUT2D eigenvalue weighted by atomic mass is 19.1. The predicted octanol–water partition coefficient (Wildman–Crippen LogP) is 3.28. The molecule has 5 nitrogen and oxygen atoms in total. The number of alkyl carbamates (subject to hydrolysis) is 1. The van der Waals surface area contributed by atoms with E-state index >= 15 is 0 Å². The molecule has 0 unspecified atom stereocenters. The summed E-state index contributed by atoms with van der Waals surface area (Å²) in [6.45, 7) is 5.17. The van der Waals surface area contributed by atoms with Crippen LogP contribution in [-0.2, 0) is 14.3 Å². The molecule has 1 amide bonds. The standard InChI is InChI=1S/C17H21F2NO4/c1-17(2,3)24-16(22)20-14-9-11(21)6-7-23-15(14)12-8-10(18)4-5-13(12)19/h4-5,8,14-15H,6-7,9H2,1-3H3,(H,20,22)/t14-,15+/m0/s1. The third-order valence-corrected chi connectivity index (χ3v) is 3.46. The average molecular weight is 341 g/mol. The van der Waals surface area contributed by atoms with Crippen molar-refractivity contribution in [2.75, 3.05) is 6.61 Å². The Morgan fingerprint density at radius 1 is 1.33 bits per heavy atom. The first kappa shape index (κ1) is 18.3. The second-order valence-electron chi connectivity index (χ2n) is 6.70. The Bertz CT molecular complexity index is 628. The lowest BCUT2D eigenvalue weighted by atomic mass is 9.97. The van der Waals surface area contributed by atoms with Crippen LogP contribution < -0.4 is 5.32 Å². The van der Waals surface area contributed by atoms with E-state index in [0.29, 0.717) is 0 Å². The van der Waals surface area contributed by atoms with Crippen molar-refractivity contribution in [3.05, 3.63) is 35.4 Å². The lowest BCUT2D eigenvalue weighted by Gasteiger charge is -2.28. The molecule has 24 heavy (non-hydrogen) atoms. The van der Waals surface area contributed by atoms with Gasteiger partial charge in [-0.3, -0.25) is 4.79 Å². The third-order valence-electron chi connectivity index (χ3n) is 3.46. The van der Waals surface area contributed by atoms with E-state index in [1.54, 1.807) is 20.8 Å². The van der Waals surface area contributed by atoms with Crippen molar-refractivity contribution < 1.29 is 27.8 Å². The highest BCUT2D eigenvalue weighted by molar-refractivity contribution is 5.80. The van der Waals surface area contributed by atoms with Gasteiger partial charge in [0.15, 0.2) is 0 Å². The fourth-order valence-electron chi connectivity index (χ4n) is 2.50. The maximum atomic E-state index is 14.1. The second kappa shape index (κ2) is 7.25. The molecule has 1 saturated heterocycles. The van der Waals surface area contributed by atoms with Crippen LogP contribution in [0.2, 0.25) is 0 Å². The number of hydrogen-bond donors (Lipinski definition) is 1. The monoisotopic (exact) mass is 341 g/mol. The Morgan fingerprint density at radius 2 is 2.04 bits per heavy atom. The Kier molecular flexibility index (Phi) is 5.54. The summed E-state index contributed by atoms with van der Waals surface area (Å²) in [6, 6.07) is 2.16. The number of carbonyl (C=O) groups excluding carboxylic acids is 2. The zero-order chi connectivity index (χ0) is 17.9. The number of halogens is 2. The fraction of sp³-hybridized carbons (Fsp3) is 0.529. The van der Waals surface area contributed by atoms with Gasteiger partial charge < -0.3 is 14.8 Å². The van der Waals surface area contributed by atoms with Crippen molar-refractivity contribution in [2.24, 2.45) is 0 Å². The first-order valence-corrected chi connectivity index (χ1v) is 7.73. The number of nitrogens with one attached hydrogen (secondary N) is 1. The summed E-state index contributed by atoms with van der Waals surface area (Å²) in [6.07, 6.45) is -1.60. The molecular weight excluding hydrogens is 320 g/mol. The number of amides is 1. The van der Waals surface area contributed by atoms with Gasteiger partial charge in [0.2, 0.25) is 0 Å². The number of benzene rings is 1. The maximum Gasteiger partial charge on any atom is 0.407 e. The summed E-state index contributed by atoms with van der Waals surface area (Å²) in [5.74, 6) is -1.41. The molecular formula is C17H21F2NO4. The predicted molar refractivity (Wildman–Crippen MR) is 82.4 cm³/mol. The molecule has 0 aromatic heterocycles. The van der Waals surface area contributed by atoms with Crippen LogP contribution in [-0.4, -0.2) is 30.1 Å². The van der Waals surface area contributed by atoms with Gasteiger partial charge in [0.05, 0.1) is 12.6 Å². The van der Waals surface area contributed by atoms with E-state index in [9.17, 15) is 18.4 Å². The summed E-state index contributed by atoms with van der Waals surface area (Å²) >= 11 is 0. The smallest absolute Gasteiger partial charge is 0.407 e. The Balaban J connectivity index is 2.26. The van der Waals surface area contributed by atoms with Crippen LogP contribution in [0.25, 0.3) is 0 Å². The molecule has 0 radical (unpaired) electrons. The molecule has 2 rings (SSSR count). The SMILES string of the molecule is CC(C)(C)OC(=O)N[C@H]1CC(=O)CCO[C@@H]1c1cc(F)ccc1F. The Hall–Kier alpha value is -2.02. The van der Waals surface area contributed by atoms with Crippen LogP contribution in [0.1, 0.15) is 45.3 Å². The van der Waals surface area contributed by atoms with E-state index < -0.39 is 35.5 Å².